The number of ether oxygens (including phenoxy) is 1. The maximum Gasteiger partial charge on any atom is 0.122 e. The van der Waals surface area contributed by atoms with Crippen molar-refractivity contribution in [2.24, 2.45) is 11.8 Å². The Hall–Kier alpha value is -1.02. The van der Waals surface area contributed by atoms with E-state index in [0.29, 0.717) is 0 Å². The van der Waals surface area contributed by atoms with Crippen LogP contribution in [-0.2, 0) is 13.0 Å². The van der Waals surface area contributed by atoms with Crippen molar-refractivity contribution in [1.29, 1.82) is 0 Å². The first-order valence-corrected chi connectivity index (χ1v) is 7.28. The third-order valence-corrected chi connectivity index (χ3v) is 4.53. The molecule has 0 spiro atoms. The minimum atomic E-state index is 0.853. The second-order valence-corrected chi connectivity index (χ2v) is 5.84. The van der Waals surface area contributed by atoms with E-state index < -0.39 is 0 Å². The lowest BCUT2D eigenvalue weighted by atomic mass is 9.98. The molecular formula is C16H23NO. The second kappa shape index (κ2) is 5.31. The van der Waals surface area contributed by atoms with E-state index in [0.717, 1.165) is 37.2 Å². The minimum absolute atomic E-state index is 0.853. The van der Waals surface area contributed by atoms with Crippen LogP contribution < -0.4 is 10.1 Å². The minimum Gasteiger partial charge on any atom is -0.493 e. The van der Waals surface area contributed by atoms with Crippen molar-refractivity contribution in [1.82, 2.24) is 5.32 Å². The average Bonchev–Trinajstić information content (AvgIpc) is 2.98. The van der Waals surface area contributed by atoms with Crippen LogP contribution in [0.25, 0.3) is 0 Å². The molecule has 2 aliphatic rings. The van der Waals surface area contributed by atoms with Crippen molar-refractivity contribution >= 4 is 0 Å². The number of rotatable bonds is 4. The van der Waals surface area contributed by atoms with Gasteiger partial charge in [0.1, 0.15) is 5.75 Å². The van der Waals surface area contributed by atoms with Crippen LogP contribution in [-0.4, -0.2) is 13.2 Å². The van der Waals surface area contributed by atoms with Crippen LogP contribution in [0.4, 0.5) is 0 Å². The van der Waals surface area contributed by atoms with Crippen molar-refractivity contribution < 1.29 is 4.74 Å². The molecule has 1 N–H and O–H groups in total. The van der Waals surface area contributed by atoms with E-state index in [-0.39, 0.29) is 0 Å². The van der Waals surface area contributed by atoms with Crippen molar-refractivity contribution in [2.45, 2.75) is 39.2 Å². The van der Waals surface area contributed by atoms with E-state index >= 15 is 0 Å². The first-order valence-electron chi connectivity index (χ1n) is 7.28. The van der Waals surface area contributed by atoms with Crippen molar-refractivity contribution in [3.63, 3.8) is 0 Å². The van der Waals surface area contributed by atoms with Gasteiger partial charge >= 0.3 is 0 Å². The highest BCUT2D eigenvalue weighted by molar-refractivity contribution is 5.39. The van der Waals surface area contributed by atoms with Gasteiger partial charge in [0.15, 0.2) is 0 Å². The molecule has 0 aromatic heterocycles. The average molecular weight is 245 g/mol. The molecule has 1 heterocycles. The molecule has 1 aromatic rings. The van der Waals surface area contributed by atoms with Crippen LogP contribution in [0.15, 0.2) is 18.2 Å². The number of fused-ring (bicyclic) bond motifs is 1. The molecule has 1 aliphatic heterocycles. The fraction of sp³-hybridized carbons (Fsp3) is 0.625. The van der Waals surface area contributed by atoms with Gasteiger partial charge in [-0.3, -0.25) is 0 Å². The molecule has 3 rings (SSSR count). The molecule has 18 heavy (non-hydrogen) atoms. The predicted octanol–water partition coefficient (Wildman–Crippen LogP) is 3.15. The van der Waals surface area contributed by atoms with E-state index in [1.807, 2.05) is 0 Å². The van der Waals surface area contributed by atoms with Gasteiger partial charge in [0.25, 0.3) is 0 Å². The number of benzene rings is 1. The zero-order valence-corrected chi connectivity index (χ0v) is 11.2. The summed E-state index contributed by atoms with van der Waals surface area (Å²) in [6.07, 6.45) is 5.32. The topological polar surface area (TPSA) is 21.3 Å². The molecule has 0 amide bonds. The van der Waals surface area contributed by atoms with Crippen LogP contribution >= 0.6 is 0 Å². The summed E-state index contributed by atoms with van der Waals surface area (Å²) in [7, 11) is 0. The van der Waals surface area contributed by atoms with E-state index in [1.54, 1.807) is 0 Å². The summed E-state index contributed by atoms with van der Waals surface area (Å²) >= 11 is 0. The Kier molecular flexibility index (Phi) is 3.55. The van der Waals surface area contributed by atoms with Crippen LogP contribution in [0.1, 0.15) is 37.3 Å². The van der Waals surface area contributed by atoms with Crippen LogP contribution in [0, 0.1) is 11.8 Å². The summed E-state index contributed by atoms with van der Waals surface area (Å²) in [6.45, 7) is 5.42. The molecule has 1 aromatic carbocycles. The Morgan fingerprint density at radius 3 is 3.11 bits per heavy atom. The first-order chi connectivity index (χ1) is 8.83. The fourth-order valence-electron chi connectivity index (χ4n) is 3.28. The zero-order chi connectivity index (χ0) is 12.4. The highest BCUT2D eigenvalue weighted by Gasteiger charge is 2.22. The van der Waals surface area contributed by atoms with E-state index in [2.05, 4.69) is 30.4 Å². The second-order valence-electron chi connectivity index (χ2n) is 5.84. The Balaban J connectivity index is 1.51. The molecule has 0 radical (unpaired) electrons. The number of nitrogens with one attached hydrogen (secondary N) is 1. The highest BCUT2D eigenvalue weighted by Crippen LogP contribution is 2.30. The molecule has 0 saturated heterocycles. The fourth-order valence-corrected chi connectivity index (χ4v) is 3.28. The normalized spacial score (nSPS) is 26.1. The molecule has 2 unspecified atom stereocenters. The third kappa shape index (κ3) is 2.54. The Labute approximate surface area is 110 Å². The lowest BCUT2D eigenvalue weighted by Crippen LogP contribution is -2.23. The van der Waals surface area contributed by atoms with Gasteiger partial charge < -0.3 is 10.1 Å². The Morgan fingerprint density at radius 1 is 1.33 bits per heavy atom. The summed E-state index contributed by atoms with van der Waals surface area (Å²) in [5.74, 6) is 2.89. The maximum atomic E-state index is 5.53. The standard InChI is InChI=1S/C16H23NO/c1-12-3-2-4-15(12)11-17-10-13-5-6-16-14(9-13)7-8-18-16/h5-6,9,12,15,17H,2-4,7-8,10-11H2,1H3. The summed E-state index contributed by atoms with van der Waals surface area (Å²) < 4.78 is 5.53. The Morgan fingerprint density at radius 2 is 2.28 bits per heavy atom. The van der Waals surface area contributed by atoms with Gasteiger partial charge in [-0.2, -0.15) is 0 Å². The number of hydrogen-bond donors (Lipinski definition) is 1. The monoisotopic (exact) mass is 245 g/mol. The van der Waals surface area contributed by atoms with Crippen molar-refractivity contribution in [3.8, 4) is 5.75 Å². The first kappa shape index (κ1) is 12.0. The molecule has 0 bridgehead atoms. The van der Waals surface area contributed by atoms with E-state index in [9.17, 15) is 0 Å². The van der Waals surface area contributed by atoms with Gasteiger partial charge in [0.05, 0.1) is 6.61 Å². The molecule has 2 atom stereocenters. The van der Waals surface area contributed by atoms with Gasteiger partial charge in [-0.15, -0.1) is 0 Å². The largest absolute Gasteiger partial charge is 0.493 e. The number of hydrogen-bond acceptors (Lipinski definition) is 2. The highest BCUT2D eigenvalue weighted by atomic mass is 16.5. The molecule has 2 nitrogen and oxygen atoms in total. The van der Waals surface area contributed by atoms with Gasteiger partial charge in [0.2, 0.25) is 0 Å². The van der Waals surface area contributed by atoms with Crippen LogP contribution in [0.5, 0.6) is 5.75 Å². The van der Waals surface area contributed by atoms with E-state index in [4.69, 9.17) is 4.74 Å². The van der Waals surface area contributed by atoms with Crippen LogP contribution in [0.2, 0.25) is 0 Å². The lowest BCUT2D eigenvalue weighted by Gasteiger charge is -2.16. The van der Waals surface area contributed by atoms with E-state index in [1.165, 1.54) is 36.9 Å². The van der Waals surface area contributed by atoms with Gasteiger partial charge in [-0.25, -0.2) is 0 Å². The van der Waals surface area contributed by atoms with Crippen molar-refractivity contribution in [2.75, 3.05) is 13.2 Å². The quantitative estimate of drug-likeness (QED) is 0.880. The summed E-state index contributed by atoms with van der Waals surface area (Å²) in [5, 5.41) is 3.62. The molecule has 1 saturated carbocycles. The Bertz CT molecular complexity index is 416. The summed E-state index contributed by atoms with van der Waals surface area (Å²) in [6, 6.07) is 6.61. The summed E-state index contributed by atoms with van der Waals surface area (Å²) in [5.41, 5.74) is 2.77. The van der Waals surface area contributed by atoms with Crippen LogP contribution in [0.3, 0.4) is 0 Å². The van der Waals surface area contributed by atoms with Gasteiger partial charge in [0, 0.05) is 13.0 Å². The predicted molar refractivity (Wildman–Crippen MR) is 73.9 cm³/mol. The SMILES string of the molecule is CC1CCCC1CNCc1ccc2c(c1)CCO2. The van der Waals surface area contributed by atoms with Gasteiger partial charge in [-0.05, 0) is 42.0 Å². The molecule has 2 heteroatoms. The third-order valence-electron chi connectivity index (χ3n) is 4.53. The van der Waals surface area contributed by atoms with Crippen molar-refractivity contribution in [3.05, 3.63) is 29.3 Å². The maximum absolute atomic E-state index is 5.53. The summed E-state index contributed by atoms with van der Waals surface area (Å²) in [4.78, 5) is 0. The molecule has 1 aliphatic carbocycles. The molecule has 1 fully saturated rings. The molecule has 98 valence electrons. The van der Waals surface area contributed by atoms with Gasteiger partial charge in [-0.1, -0.05) is 31.9 Å². The lowest BCUT2D eigenvalue weighted by molar-refractivity contribution is 0.356. The smallest absolute Gasteiger partial charge is 0.122 e. The zero-order valence-electron chi connectivity index (χ0n) is 11.2. The molecular weight excluding hydrogens is 222 g/mol.